The van der Waals surface area contributed by atoms with E-state index >= 15 is 0 Å². The fraction of sp³-hybridized carbons (Fsp3) is 0.500. The molecule has 1 aromatic carbocycles. The van der Waals surface area contributed by atoms with E-state index in [1.807, 2.05) is 6.92 Å². The van der Waals surface area contributed by atoms with Crippen LogP contribution in [0.3, 0.4) is 0 Å². The number of ether oxygens (including phenoxy) is 1. The molecule has 3 aliphatic heterocycles. The molecule has 1 aromatic rings. The summed E-state index contributed by atoms with van der Waals surface area (Å²) in [6.45, 7) is 3.54. The number of nitrogens with zero attached hydrogens (tertiary/aromatic N) is 1. The number of anilines is 1. The molecule has 0 aliphatic carbocycles. The summed E-state index contributed by atoms with van der Waals surface area (Å²) in [5.41, 5.74) is -1.27. The van der Waals surface area contributed by atoms with Gasteiger partial charge in [0, 0.05) is 9.99 Å². The van der Waals surface area contributed by atoms with E-state index < -0.39 is 29.1 Å². The number of rotatable bonds is 1. The van der Waals surface area contributed by atoms with Crippen molar-refractivity contribution < 1.29 is 19.4 Å². The Hall–Kier alpha value is -0.700. The van der Waals surface area contributed by atoms with E-state index in [1.165, 1.54) is 4.90 Å². The maximum atomic E-state index is 13.0. The normalized spacial score (nSPS) is 41.8. The van der Waals surface area contributed by atoms with Crippen LogP contribution in [0.15, 0.2) is 18.2 Å². The molecule has 5 nitrogen and oxygen atoms in total. The maximum absolute atomic E-state index is 13.0. The van der Waals surface area contributed by atoms with Crippen LogP contribution < -0.4 is 4.90 Å². The minimum Gasteiger partial charge on any atom is -0.390 e. The van der Waals surface area contributed by atoms with Crippen LogP contribution in [0.25, 0.3) is 0 Å². The number of imide groups is 1. The number of carbonyl (C=O) groups is 2. The highest BCUT2D eigenvalue weighted by atomic mass is 127. The molecule has 2 amide bonds. The van der Waals surface area contributed by atoms with Crippen molar-refractivity contribution in [2.75, 3.05) is 4.90 Å². The van der Waals surface area contributed by atoms with Crippen LogP contribution in [0.1, 0.15) is 20.3 Å². The second-order valence-electron chi connectivity index (χ2n) is 6.88. The van der Waals surface area contributed by atoms with Gasteiger partial charge in [-0.1, -0.05) is 11.6 Å². The lowest BCUT2D eigenvalue weighted by atomic mass is 9.67. The molecule has 0 radical (unpaired) electrons. The van der Waals surface area contributed by atoms with Crippen molar-refractivity contribution in [1.82, 2.24) is 0 Å². The van der Waals surface area contributed by atoms with Gasteiger partial charge in [0.2, 0.25) is 11.8 Å². The van der Waals surface area contributed by atoms with E-state index in [9.17, 15) is 14.7 Å². The third-order valence-corrected chi connectivity index (χ3v) is 7.00. The molecule has 2 bridgehead atoms. The minimum atomic E-state index is -1.000. The van der Waals surface area contributed by atoms with Crippen LogP contribution in [0.5, 0.6) is 0 Å². The number of aliphatic hydroxyl groups excluding tert-OH is 1. The van der Waals surface area contributed by atoms with Crippen molar-refractivity contribution in [3.63, 3.8) is 0 Å². The van der Waals surface area contributed by atoms with Gasteiger partial charge < -0.3 is 9.84 Å². The first-order valence-electron chi connectivity index (χ1n) is 7.40. The van der Waals surface area contributed by atoms with E-state index in [0.717, 1.165) is 3.57 Å². The molecular formula is C16H15ClINO4. The highest BCUT2D eigenvalue weighted by molar-refractivity contribution is 14.1. The van der Waals surface area contributed by atoms with Crippen LogP contribution >= 0.6 is 34.2 Å². The lowest BCUT2D eigenvalue weighted by Crippen LogP contribution is -2.49. The first-order chi connectivity index (χ1) is 10.7. The Morgan fingerprint density at radius 3 is 2.61 bits per heavy atom. The van der Waals surface area contributed by atoms with Crippen molar-refractivity contribution >= 4 is 51.7 Å². The SMILES string of the molecule is CC12C[C@H](O)C(C)(O1)[C@@H]1C(=O)N(c3ccc(Cl)c(I)c3)C(=O)[C@@H]12. The lowest BCUT2D eigenvalue weighted by molar-refractivity contribution is -0.132. The van der Waals surface area contributed by atoms with Gasteiger partial charge in [-0.25, -0.2) is 4.90 Å². The number of halogens is 2. The van der Waals surface area contributed by atoms with Crippen molar-refractivity contribution in [3.05, 3.63) is 26.8 Å². The largest absolute Gasteiger partial charge is 0.390 e. The quantitative estimate of drug-likeness (QED) is 0.530. The summed E-state index contributed by atoms with van der Waals surface area (Å²) in [7, 11) is 0. The van der Waals surface area contributed by atoms with Crippen LogP contribution in [-0.2, 0) is 14.3 Å². The number of carbonyl (C=O) groups excluding carboxylic acids is 2. The topological polar surface area (TPSA) is 66.8 Å². The second kappa shape index (κ2) is 4.68. The smallest absolute Gasteiger partial charge is 0.240 e. The van der Waals surface area contributed by atoms with Gasteiger partial charge in [-0.05, 0) is 54.6 Å². The number of amides is 2. The molecular weight excluding hydrogens is 433 g/mol. The zero-order chi connectivity index (χ0) is 16.7. The molecule has 3 aliphatic rings. The second-order valence-corrected chi connectivity index (χ2v) is 8.45. The third kappa shape index (κ3) is 1.86. The van der Waals surface area contributed by atoms with Gasteiger partial charge in [-0.15, -0.1) is 0 Å². The molecule has 0 saturated carbocycles. The molecule has 7 heteroatoms. The first-order valence-corrected chi connectivity index (χ1v) is 8.86. The maximum Gasteiger partial charge on any atom is 0.240 e. The van der Waals surface area contributed by atoms with E-state index in [0.29, 0.717) is 17.1 Å². The van der Waals surface area contributed by atoms with Gasteiger partial charge in [-0.2, -0.15) is 0 Å². The Balaban J connectivity index is 1.80. The van der Waals surface area contributed by atoms with Crippen LogP contribution in [0.2, 0.25) is 5.02 Å². The monoisotopic (exact) mass is 447 g/mol. The molecule has 4 rings (SSSR count). The van der Waals surface area contributed by atoms with E-state index in [-0.39, 0.29) is 11.8 Å². The van der Waals surface area contributed by atoms with Gasteiger partial charge in [0.15, 0.2) is 0 Å². The molecule has 3 fully saturated rings. The number of benzene rings is 1. The summed E-state index contributed by atoms with van der Waals surface area (Å²) in [5.74, 6) is -1.74. The molecule has 122 valence electrons. The number of fused-ring (bicyclic) bond motifs is 5. The summed E-state index contributed by atoms with van der Waals surface area (Å²) < 4.78 is 6.73. The van der Waals surface area contributed by atoms with Crippen molar-refractivity contribution in [1.29, 1.82) is 0 Å². The molecule has 0 aromatic heterocycles. The fourth-order valence-electron chi connectivity index (χ4n) is 4.40. The van der Waals surface area contributed by atoms with Crippen molar-refractivity contribution in [2.24, 2.45) is 11.8 Å². The van der Waals surface area contributed by atoms with Crippen LogP contribution in [-0.4, -0.2) is 34.2 Å². The first kappa shape index (κ1) is 15.8. The molecule has 1 N–H and O–H groups in total. The summed E-state index contributed by atoms with van der Waals surface area (Å²) >= 11 is 8.09. The van der Waals surface area contributed by atoms with Gasteiger partial charge in [-0.3, -0.25) is 9.59 Å². The van der Waals surface area contributed by atoms with E-state index in [4.69, 9.17) is 16.3 Å². The Labute approximate surface area is 152 Å². The van der Waals surface area contributed by atoms with Crippen molar-refractivity contribution in [2.45, 2.75) is 37.6 Å². The fourth-order valence-corrected chi connectivity index (χ4v) is 5.02. The van der Waals surface area contributed by atoms with Crippen LogP contribution in [0, 0.1) is 15.4 Å². The summed E-state index contributed by atoms with van der Waals surface area (Å²) in [5, 5.41) is 10.9. The predicted molar refractivity (Wildman–Crippen MR) is 92.2 cm³/mol. The molecule has 3 saturated heterocycles. The number of hydrogen-bond acceptors (Lipinski definition) is 4. The summed E-state index contributed by atoms with van der Waals surface area (Å²) in [6, 6.07) is 5.07. The Kier molecular flexibility index (Phi) is 3.22. The third-order valence-electron chi connectivity index (χ3n) is 5.46. The van der Waals surface area contributed by atoms with Crippen molar-refractivity contribution in [3.8, 4) is 0 Å². The number of hydrogen-bond donors (Lipinski definition) is 1. The Morgan fingerprint density at radius 2 is 1.96 bits per heavy atom. The molecule has 3 heterocycles. The van der Waals surface area contributed by atoms with E-state index in [2.05, 4.69) is 22.6 Å². The Morgan fingerprint density at radius 1 is 1.30 bits per heavy atom. The molecule has 23 heavy (non-hydrogen) atoms. The lowest BCUT2D eigenvalue weighted by Gasteiger charge is -2.31. The van der Waals surface area contributed by atoms with E-state index in [1.54, 1.807) is 25.1 Å². The highest BCUT2D eigenvalue weighted by Crippen LogP contribution is 2.60. The zero-order valence-electron chi connectivity index (χ0n) is 12.5. The standard InChI is InChI=1S/C16H15ClINO4/c1-15-6-10(20)16(2,23-15)12-11(15)13(21)19(14(12)22)7-3-4-8(17)9(18)5-7/h3-5,10-12,20H,6H2,1-2H3/t10-,11+,12-,15?,16?/m0/s1. The predicted octanol–water partition coefficient (Wildman–Crippen LogP) is 2.36. The zero-order valence-corrected chi connectivity index (χ0v) is 15.5. The summed E-state index contributed by atoms with van der Waals surface area (Å²) in [6.07, 6.45) is -0.369. The van der Waals surface area contributed by atoms with Gasteiger partial charge in [0.25, 0.3) is 0 Å². The Bertz CT molecular complexity index is 756. The molecule has 5 atom stereocenters. The van der Waals surface area contributed by atoms with Gasteiger partial charge in [0.05, 0.1) is 34.3 Å². The average molecular weight is 448 g/mol. The minimum absolute atomic E-state index is 0.253. The van der Waals surface area contributed by atoms with Crippen LogP contribution in [0.4, 0.5) is 5.69 Å². The van der Waals surface area contributed by atoms with Gasteiger partial charge >= 0.3 is 0 Å². The van der Waals surface area contributed by atoms with Gasteiger partial charge in [0.1, 0.15) is 5.60 Å². The molecule has 2 unspecified atom stereocenters. The summed E-state index contributed by atoms with van der Waals surface area (Å²) in [4.78, 5) is 27.1. The number of aliphatic hydroxyl groups is 1. The highest BCUT2D eigenvalue weighted by Gasteiger charge is 2.75. The average Bonchev–Trinajstić information content (AvgIpc) is 2.96. The molecule has 0 spiro atoms.